The Hall–Kier alpha value is -2.91. The summed E-state index contributed by atoms with van der Waals surface area (Å²) in [6.45, 7) is 0.766. The van der Waals surface area contributed by atoms with Crippen LogP contribution in [0.2, 0.25) is 0 Å². The second kappa shape index (κ2) is 9.15. The summed E-state index contributed by atoms with van der Waals surface area (Å²) in [5.74, 6) is -0.00649. The van der Waals surface area contributed by atoms with Crippen LogP contribution in [0.3, 0.4) is 0 Å². The average Bonchev–Trinajstić information content (AvgIpc) is 3.30. The van der Waals surface area contributed by atoms with Crippen molar-refractivity contribution in [3.63, 3.8) is 0 Å². The predicted octanol–water partition coefficient (Wildman–Crippen LogP) is 3.25. The lowest BCUT2D eigenvalue weighted by Gasteiger charge is -2.06. The highest BCUT2D eigenvalue weighted by atomic mass is 32.1. The number of nitrogens with one attached hydrogen (secondary N) is 1. The number of thiophene rings is 1. The van der Waals surface area contributed by atoms with Crippen molar-refractivity contribution in [3.05, 3.63) is 58.3 Å². The molecule has 1 aromatic carbocycles. The maximum absolute atomic E-state index is 11.8. The number of nitrogens with zero attached hydrogens (tertiary/aromatic N) is 2. The Morgan fingerprint density at radius 3 is 2.78 bits per heavy atom. The first-order valence-electron chi connectivity index (χ1n) is 8.19. The average molecular weight is 402 g/mol. The van der Waals surface area contributed by atoms with E-state index in [1.54, 1.807) is 11.3 Å². The molecule has 140 valence electrons. The molecule has 0 radical (unpaired) electrons. The van der Waals surface area contributed by atoms with Crippen LogP contribution in [-0.2, 0) is 17.8 Å². The van der Waals surface area contributed by atoms with E-state index in [0.29, 0.717) is 11.7 Å². The minimum Gasteiger partial charge on any atom is -0.445 e. The molecule has 0 aliphatic heterocycles. The Balaban J connectivity index is 1.45. The van der Waals surface area contributed by atoms with Crippen LogP contribution in [0.25, 0.3) is 10.6 Å². The van der Waals surface area contributed by atoms with Crippen LogP contribution in [0.15, 0.2) is 52.8 Å². The van der Waals surface area contributed by atoms with Crippen molar-refractivity contribution < 1.29 is 9.53 Å². The number of carbonyl (C=O) groups is 1. The van der Waals surface area contributed by atoms with Gasteiger partial charge < -0.3 is 21.5 Å². The fourth-order valence-electron chi connectivity index (χ4n) is 2.25. The smallest absolute Gasteiger partial charge is 0.407 e. The van der Waals surface area contributed by atoms with Crippen molar-refractivity contribution in [3.8, 4) is 10.6 Å². The Morgan fingerprint density at radius 2 is 2.00 bits per heavy atom. The first kappa shape index (κ1) is 18.9. The number of benzene rings is 1. The van der Waals surface area contributed by atoms with E-state index in [4.69, 9.17) is 16.2 Å². The van der Waals surface area contributed by atoms with Gasteiger partial charge in [0.15, 0.2) is 5.96 Å². The van der Waals surface area contributed by atoms with Gasteiger partial charge in [0.05, 0.1) is 10.6 Å². The van der Waals surface area contributed by atoms with E-state index in [9.17, 15) is 4.79 Å². The molecule has 0 fully saturated rings. The van der Waals surface area contributed by atoms with Gasteiger partial charge in [-0.15, -0.1) is 22.7 Å². The lowest BCUT2D eigenvalue weighted by atomic mass is 10.2. The number of guanidine groups is 1. The van der Waals surface area contributed by atoms with Crippen molar-refractivity contribution in [1.29, 1.82) is 0 Å². The van der Waals surface area contributed by atoms with Crippen molar-refractivity contribution in [1.82, 2.24) is 10.3 Å². The molecule has 3 aromatic rings. The zero-order chi connectivity index (χ0) is 19.1. The fraction of sp³-hybridized carbons (Fsp3) is 0.167. The second-order valence-electron chi connectivity index (χ2n) is 5.56. The number of thiazole rings is 1. The Bertz CT molecular complexity index is 917. The van der Waals surface area contributed by atoms with Crippen molar-refractivity contribution in [2.24, 2.45) is 16.5 Å². The molecule has 27 heavy (non-hydrogen) atoms. The molecule has 9 heteroatoms. The number of ether oxygens (including phenoxy) is 1. The molecule has 3 rings (SSSR count). The second-order valence-corrected chi connectivity index (χ2v) is 7.56. The highest BCUT2D eigenvalue weighted by Gasteiger charge is 2.08. The number of carbonyl (C=O) groups excluding carboxylic acids is 1. The molecule has 0 unspecified atom stereocenters. The topological polar surface area (TPSA) is 116 Å². The fourth-order valence-corrected chi connectivity index (χ4v) is 4.00. The van der Waals surface area contributed by atoms with Crippen LogP contribution >= 0.6 is 22.7 Å². The zero-order valence-electron chi connectivity index (χ0n) is 14.4. The normalized spacial score (nSPS) is 10.4. The maximum Gasteiger partial charge on any atom is 0.407 e. The summed E-state index contributed by atoms with van der Waals surface area (Å²) in [5.41, 5.74) is 12.5. The van der Waals surface area contributed by atoms with Crippen molar-refractivity contribution in [2.75, 3.05) is 6.54 Å². The molecule has 0 aliphatic rings. The third-order valence-corrected chi connectivity index (χ3v) is 5.39. The van der Waals surface area contributed by atoms with Gasteiger partial charge in [-0.25, -0.2) is 9.78 Å². The number of aliphatic imine (C=N–C) groups is 1. The van der Waals surface area contributed by atoms with Gasteiger partial charge >= 0.3 is 6.09 Å². The monoisotopic (exact) mass is 401 g/mol. The first-order valence-corrected chi connectivity index (χ1v) is 9.88. The van der Waals surface area contributed by atoms with Gasteiger partial charge in [0.2, 0.25) is 5.13 Å². The lowest BCUT2D eigenvalue weighted by Crippen LogP contribution is -2.26. The third-order valence-electron chi connectivity index (χ3n) is 3.48. The number of nitrogens with two attached hydrogens (primary N) is 2. The summed E-state index contributed by atoms with van der Waals surface area (Å²) in [7, 11) is 0. The van der Waals surface area contributed by atoms with E-state index >= 15 is 0 Å². The number of rotatable bonds is 7. The van der Waals surface area contributed by atoms with Gasteiger partial charge in [0, 0.05) is 16.8 Å². The van der Waals surface area contributed by atoms with Gasteiger partial charge in [-0.05, 0) is 24.1 Å². The molecule has 0 bridgehead atoms. The van der Waals surface area contributed by atoms with Crippen LogP contribution in [0.5, 0.6) is 0 Å². The van der Waals surface area contributed by atoms with E-state index in [0.717, 1.165) is 27.4 Å². The number of alkyl carbamates (subject to hydrolysis) is 1. The molecule has 0 spiro atoms. The molecule has 7 nitrogen and oxygen atoms in total. The van der Waals surface area contributed by atoms with E-state index in [1.807, 2.05) is 47.8 Å². The summed E-state index contributed by atoms with van der Waals surface area (Å²) >= 11 is 3.00. The van der Waals surface area contributed by atoms with Gasteiger partial charge in [-0.1, -0.05) is 30.3 Å². The van der Waals surface area contributed by atoms with Crippen LogP contribution in [0.4, 0.5) is 9.93 Å². The predicted molar refractivity (Wildman–Crippen MR) is 109 cm³/mol. The van der Waals surface area contributed by atoms with E-state index in [2.05, 4.69) is 15.3 Å². The summed E-state index contributed by atoms with van der Waals surface area (Å²) in [4.78, 5) is 22.3. The summed E-state index contributed by atoms with van der Waals surface area (Å²) in [5, 5.41) is 5.21. The van der Waals surface area contributed by atoms with Gasteiger partial charge in [-0.3, -0.25) is 0 Å². The Morgan fingerprint density at radius 1 is 1.19 bits per heavy atom. The molecular formula is C18H19N5O2S2. The van der Waals surface area contributed by atoms with Crippen molar-refractivity contribution >= 4 is 39.9 Å². The molecule has 0 aliphatic carbocycles. The molecule has 0 atom stereocenters. The molecule has 2 heterocycles. The zero-order valence-corrected chi connectivity index (χ0v) is 16.1. The molecule has 0 saturated carbocycles. The maximum atomic E-state index is 11.8. The van der Waals surface area contributed by atoms with Crippen LogP contribution < -0.4 is 16.8 Å². The number of aromatic nitrogens is 1. The summed E-state index contributed by atoms with van der Waals surface area (Å²) < 4.78 is 5.19. The largest absolute Gasteiger partial charge is 0.445 e. The standard InChI is InChI=1S/C18H19N5O2S2/c19-16(20)23-17-22-14(11-26-17)15-7-6-13(27-15)8-9-21-18(24)25-10-12-4-2-1-3-5-12/h1-7,11H,8-10H2,(H,21,24)(H4,19,20,22,23). The Kier molecular flexibility index (Phi) is 6.39. The van der Waals surface area contributed by atoms with E-state index in [1.165, 1.54) is 11.3 Å². The van der Waals surface area contributed by atoms with E-state index in [-0.39, 0.29) is 12.6 Å². The van der Waals surface area contributed by atoms with Crippen LogP contribution in [0, 0.1) is 0 Å². The minimum absolute atomic E-state index is 0.00649. The quantitative estimate of drug-likeness (QED) is 0.415. The Labute approximate surface area is 164 Å². The SMILES string of the molecule is NC(N)=Nc1nc(-c2ccc(CCNC(=O)OCc3ccccc3)s2)cs1. The highest BCUT2D eigenvalue weighted by Crippen LogP contribution is 2.31. The van der Waals surface area contributed by atoms with Crippen LogP contribution in [0.1, 0.15) is 10.4 Å². The molecular weight excluding hydrogens is 382 g/mol. The minimum atomic E-state index is -0.419. The van der Waals surface area contributed by atoms with Gasteiger partial charge in [0.1, 0.15) is 6.61 Å². The van der Waals surface area contributed by atoms with Crippen LogP contribution in [-0.4, -0.2) is 23.6 Å². The van der Waals surface area contributed by atoms with E-state index < -0.39 is 6.09 Å². The summed E-state index contributed by atoms with van der Waals surface area (Å²) in [6.07, 6.45) is 0.299. The molecule has 5 N–H and O–H groups in total. The summed E-state index contributed by atoms with van der Waals surface area (Å²) in [6, 6.07) is 13.6. The first-order chi connectivity index (χ1) is 13.1. The highest BCUT2D eigenvalue weighted by molar-refractivity contribution is 7.16. The number of hydrogen-bond donors (Lipinski definition) is 3. The number of amides is 1. The van der Waals surface area contributed by atoms with Gasteiger partial charge in [0.25, 0.3) is 0 Å². The van der Waals surface area contributed by atoms with Crippen molar-refractivity contribution in [2.45, 2.75) is 13.0 Å². The molecule has 2 aromatic heterocycles. The molecule has 1 amide bonds. The molecule has 0 saturated heterocycles. The number of hydrogen-bond acceptors (Lipinski definition) is 6. The van der Waals surface area contributed by atoms with Gasteiger partial charge in [-0.2, -0.15) is 4.99 Å². The lowest BCUT2D eigenvalue weighted by molar-refractivity contribution is 0.140. The third kappa shape index (κ3) is 5.80.